The fraction of sp³-hybridized carbons (Fsp3) is 0.360. The monoisotopic (exact) mass is 417 g/mol. The molecular weight excluding hydrogens is 390 g/mol. The first-order valence-electron chi connectivity index (χ1n) is 10.3. The number of hydrogen-bond donors (Lipinski definition) is 0. The molecule has 2 aromatic carbocycles. The van der Waals surface area contributed by atoms with Crippen molar-refractivity contribution in [3.05, 3.63) is 65.2 Å². The molecule has 2 aromatic rings. The number of carbonyl (C=O) groups excluding carboxylic acids is 3. The van der Waals surface area contributed by atoms with E-state index in [9.17, 15) is 14.4 Å². The second-order valence-electron chi connectivity index (χ2n) is 9.19. The van der Waals surface area contributed by atoms with Crippen LogP contribution in [0.25, 0.3) is 0 Å². The molecule has 3 amide bonds. The molecule has 0 N–H and O–H groups in total. The number of benzene rings is 2. The molecule has 1 atom stereocenters. The van der Waals surface area contributed by atoms with Gasteiger partial charge in [-0.3, -0.25) is 14.4 Å². The molecule has 1 saturated heterocycles. The highest BCUT2D eigenvalue weighted by Gasteiger charge is 2.44. The lowest BCUT2D eigenvalue weighted by Crippen LogP contribution is -2.46. The van der Waals surface area contributed by atoms with E-state index in [4.69, 9.17) is 5.26 Å². The van der Waals surface area contributed by atoms with Crippen LogP contribution < -0.4 is 4.90 Å². The van der Waals surface area contributed by atoms with Crippen LogP contribution in [0, 0.1) is 23.7 Å². The molecule has 0 bridgehead atoms. The van der Waals surface area contributed by atoms with Crippen molar-refractivity contribution in [1.82, 2.24) is 4.90 Å². The van der Waals surface area contributed by atoms with Crippen LogP contribution in [0.2, 0.25) is 0 Å². The van der Waals surface area contributed by atoms with Crippen LogP contribution >= 0.6 is 0 Å². The predicted molar refractivity (Wildman–Crippen MR) is 118 cm³/mol. The van der Waals surface area contributed by atoms with E-state index in [-0.39, 0.29) is 36.6 Å². The van der Waals surface area contributed by atoms with Crippen LogP contribution in [0.15, 0.2) is 48.5 Å². The van der Waals surface area contributed by atoms with Crippen LogP contribution in [0.5, 0.6) is 0 Å². The topological polar surface area (TPSA) is 81.5 Å². The van der Waals surface area contributed by atoms with E-state index in [0.29, 0.717) is 11.3 Å². The van der Waals surface area contributed by atoms with Crippen molar-refractivity contribution in [3.63, 3.8) is 0 Å². The van der Waals surface area contributed by atoms with Gasteiger partial charge in [0.15, 0.2) is 0 Å². The lowest BCUT2D eigenvalue weighted by Gasteiger charge is -2.30. The maximum absolute atomic E-state index is 13.3. The normalized spacial score (nSPS) is 16.4. The number of rotatable bonds is 5. The van der Waals surface area contributed by atoms with Gasteiger partial charge in [-0.05, 0) is 42.2 Å². The number of carbonyl (C=O) groups is 3. The summed E-state index contributed by atoms with van der Waals surface area (Å²) in [6.45, 7) is 8.17. The third-order valence-electron chi connectivity index (χ3n) is 5.23. The van der Waals surface area contributed by atoms with Crippen molar-refractivity contribution in [1.29, 1.82) is 5.26 Å². The Kier molecular flexibility index (Phi) is 6.26. The number of amides is 3. The SMILES string of the molecule is Cc1ccc(CN(C(=O)CC(C)(C)C)C2CC(=O)N(c3ccc(C#N)cc3)C2=O)cc1. The smallest absolute Gasteiger partial charge is 0.257 e. The summed E-state index contributed by atoms with van der Waals surface area (Å²) in [5, 5.41) is 8.98. The Bertz CT molecular complexity index is 1030. The summed E-state index contributed by atoms with van der Waals surface area (Å²) < 4.78 is 0. The van der Waals surface area contributed by atoms with Gasteiger partial charge in [-0.2, -0.15) is 5.26 Å². The number of aryl methyl sites for hydroxylation is 1. The van der Waals surface area contributed by atoms with E-state index in [1.165, 1.54) is 0 Å². The summed E-state index contributed by atoms with van der Waals surface area (Å²) in [5.41, 5.74) is 2.62. The third-order valence-corrected chi connectivity index (χ3v) is 5.23. The Morgan fingerprint density at radius 3 is 2.26 bits per heavy atom. The zero-order valence-electron chi connectivity index (χ0n) is 18.4. The molecule has 0 radical (unpaired) electrons. The van der Waals surface area contributed by atoms with Crippen molar-refractivity contribution >= 4 is 23.4 Å². The van der Waals surface area contributed by atoms with Gasteiger partial charge in [0, 0.05) is 13.0 Å². The first-order chi connectivity index (χ1) is 14.6. The van der Waals surface area contributed by atoms with Gasteiger partial charge >= 0.3 is 0 Å². The van der Waals surface area contributed by atoms with Gasteiger partial charge in [0.25, 0.3) is 5.91 Å². The Morgan fingerprint density at radius 1 is 1.10 bits per heavy atom. The average Bonchev–Trinajstić information content (AvgIpc) is 3.00. The fourth-order valence-corrected chi connectivity index (χ4v) is 3.63. The predicted octanol–water partition coefficient (Wildman–Crippen LogP) is 3.96. The number of nitriles is 1. The molecule has 6 nitrogen and oxygen atoms in total. The minimum atomic E-state index is -0.848. The standard InChI is InChI=1S/C25H27N3O3/c1-17-5-7-19(8-6-17)16-27(23(30)14-25(2,3)4)21-13-22(29)28(24(21)31)20-11-9-18(15-26)10-12-20/h5-12,21H,13-14,16H2,1-4H3. The minimum absolute atomic E-state index is 0.0550. The maximum Gasteiger partial charge on any atom is 0.257 e. The van der Waals surface area contributed by atoms with E-state index >= 15 is 0 Å². The summed E-state index contributed by atoms with van der Waals surface area (Å²) in [6.07, 6.45) is 0.217. The summed E-state index contributed by atoms with van der Waals surface area (Å²) >= 11 is 0. The molecule has 1 aliphatic rings. The van der Waals surface area contributed by atoms with Gasteiger partial charge < -0.3 is 4.90 Å². The lowest BCUT2D eigenvalue weighted by molar-refractivity contribution is -0.140. The van der Waals surface area contributed by atoms with E-state index in [0.717, 1.165) is 16.0 Å². The zero-order valence-corrected chi connectivity index (χ0v) is 18.4. The second-order valence-corrected chi connectivity index (χ2v) is 9.19. The van der Waals surface area contributed by atoms with Gasteiger partial charge in [-0.25, -0.2) is 4.90 Å². The Balaban J connectivity index is 1.91. The number of hydrogen-bond acceptors (Lipinski definition) is 4. The largest absolute Gasteiger partial charge is 0.326 e. The zero-order chi connectivity index (χ0) is 22.8. The summed E-state index contributed by atoms with van der Waals surface area (Å²) in [7, 11) is 0. The Labute approximate surface area is 183 Å². The molecule has 1 unspecified atom stereocenters. The molecule has 1 fully saturated rings. The lowest BCUT2D eigenvalue weighted by atomic mass is 9.91. The third kappa shape index (κ3) is 5.18. The van der Waals surface area contributed by atoms with Crippen LogP contribution in [-0.2, 0) is 20.9 Å². The van der Waals surface area contributed by atoms with Crippen LogP contribution in [0.4, 0.5) is 5.69 Å². The first kappa shape index (κ1) is 22.2. The van der Waals surface area contributed by atoms with Crippen LogP contribution in [-0.4, -0.2) is 28.7 Å². The van der Waals surface area contributed by atoms with Crippen molar-refractivity contribution in [2.75, 3.05) is 4.90 Å². The van der Waals surface area contributed by atoms with Gasteiger partial charge in [0.1, 0.15) is 6.04 Å². The van der Waals surface area contributed by atoms with Crippen molar-refractivity contribution in [2.45, 2.75) is 53.1 Å². The molecule has 0 saturated carbocycles. The van der Waals surface area contributed by atoms with E-state index in [1.54, 1.807) is 29.2 Å². The van der Waals surface area contributed by atoms with Crippen molar-refractivity contribution < 1.29 is 14.4 Å². The van der Waals surface area contributed by atoms with E-state index in [2.05, 4.69) is 0 Å². The molecule has 0 aromatic heterocycles. The number of imide groups is 1. The van der Waals surface area contributed by atoms with E-state index < -0.39 is 11.9 Å². The molecule has 160 valence electrons. The van der Waals surface area contributed by atoms with Crippen LogP contribution in [0.3, 0.4) is 0 Å². The van der Waals surface area contributed by atoms with Gasteiger partial charge in [0.05, 0.1) is 23.7 Å². The molecule has 3 rings (SSSR count). The van der Waals surface area contributed by atoms with Gasteiger partial charge in [-0.1, -0.05) is 50.6 Å². The van der Waals surface area contributed by atoms with Gasteiger partial charge in [0.2, 0.25) is 11.8 Å². The summed E-state index contributed by atoms with van der Waals surface area (Å²) in [5.74, 6) is -0.915. The molecule has 6 heteroatoms. The molecule has 0 aliphatic carbocycles. The minimum Gasteiger partial charge on any atom is -0.326 e. The molecule has 1 aliphatic heterocycles. The highest BCUT2D eigenvalue weighted by atomic mass is 16.2. The quantitative estimate of drug-likeness (QED) is 0.690. The highest BCUT2D eigenvalue weighted by molar-refractivity contribution is 6.23. The number of nitrogens with zero attached hydrogens (tertiary/aromatic N) is 3. The molecule has 31 heavy (non-hydrogen) atoms. The van der Waals surface area contributed by atoms with E-state index in [1.807, 2.05) is 58.0 Å². The second kappa shape index (κ2) is 8.73. The fourth-order valence-electron chi connectivity index (χ4n) is 3.63. The van der Waals surface area contributed by atoms with Crippen molar-refractivity contribution in [3.8, 4) is 6.07 Å². The van der Waals surface area contributed by atoms with Crippen LogP contribution in [0.1, 0.15) is 50.3 Å². The Morgan fingerprint density at radius 2 is 1.71 bits per heavy atom. The van der Waals surface area contributed by atoms with Gasteiger partial charge in [-0.15, -0.1) is 0 Å². The molecule has 1 heterocycles. The summed E-state index contributed by atoms with van der Waals surface area (Å²) in [4.78, 5) is 41.9. The molecule has 0 spiro atoms. The Hall–Kier alpha value is -3.46. The highest BCUT2D eigenvalue weighted by Crippen LogP contribution is 2.29. The molecular formula is C25H27N3O3. The average molecular weight is 418 g/mol. The first-order valence-corrected chi connectivity index (χ1v) is 10.3. The summed E-state index contributed by atoms with van der Waals surface area (Å²) in [6, 6.07) is 15.3. The maximum atomic E-state index is 13.3. The van der Waals surface area contributed by atoms with Crippen molar-refractivity contribution in [2.24, 2.45) is 5.41 Å². The number of anilines is 1.